The van der Waals surface area contributed by atoms with E-state index in [-0.39, 0.29) is 94.2 Å². The second-order valence-electron chi connectivity index (χ2n) is 9.28. The van der Waals surface area contributed by atoms with Crippen LogP contribution in [0.2, 0.25) is 0 Å². The molecule has 0 aromatic rings. The van der Waals surface area contributed by atoms with Crippen molar-refractivity contribution in [3.05, 3.63) is 28.2 Å². The fraction of sp³-hybridized carbons (Fsp3) is 0.704. The van der Waals surface area contributed by atoms with Crippen molar-refractivity contribution < 1.29 is 70.6 Å². The Morgan fingerprint density at radius 2 is 1.26 bits per heavy atom. The third-order valence-corrected chi connectivity index (χ3v) is 6.14. The number of nitrogens with one attached hydrogen (secondary N) is 6. The van der Waals surface area contributed by atoms with Gasteiger partial charge in [-0.05, 0) is 58.5 Å². The summed E-state index contributed by atoms with van der Waals surface area (Å²) in [6.07, 6.45) is 6.50. The van der Waals surface area contributed by atoms with Crippen LogP contribution >= 0.6 is 0 Å². The average Bonchev–Trinajstić information content (AvgIpc) is 2.87. The van der Waals surface area contributed by atoms with Gasteiger partial charge in [0.2, 0.25) is 11.8 Å². The summed E-state index contributed by atoms with van der Waals surface area (Å²) in [5.74, 6) is -1.11. The van der Waals surface area contributed by atoms with E-state index < -0.39 is 18.0 Å². The zero-order valence-corrected chi connectivity index (χ0v) is 26.5. The van der Waals surface area contributed by atoms with Gasteiger partial charge in [0.05, 0.1) is 12.1 Å². The summed E-state index contributed by atoms with van der Waals surface area (Å²) in [6, 6.07) is -1.02. The molecule has 0 aliphatic heterocycles. The van der Waals surface area contributed by atoms with Crippen molar-refractivity contribution >= 4 is 23.4 Å². The predicted molar refractivity (Wildman–Crippen MR) is 144 cm³/mol. The first kappa shape index (κ1) is 39.9. The third kappa shape index (κ3) is 20.6. The smallest absolute Gasteiger partial charge is 0.473 e. The second-order valence-corrected chi connectivity index (χ2v) is 9.28. The van der Waals surface area contributed by atoms with Gasteiger partial charge in [0, 0.05) is 53.0 Å². The van der Waals surface area contributed by atoms with Crippen molar-refractivity contribution in [2.45, 2.75) is 89.6 Å². The van der Waals surface area contributed by atoms with Crippen LogP contribution in [-0.4, -0.2) is 61.6 Å². The molecule has 0 spiro atoms. The van der Waals surface area contributed by atoms with Crippen LogP contribution in [0.1, 0.15) is 77.6 Å². The molecule has 10 nitrogen and oxygen atoms in total. The molecule has 3 atom stereocenters. The van der Waals surface area contributed by atoms with Crippen LogP contribution < -0.4 is 83.3 Å². The number of ketones is 2. The molecule has 0 aliphatic carbocycles. The molecule has 6 N–H and O–H groups in total. The number of hydrogen-bond acceptors (Lipinski definition) is 8. The summed E-state index contributed by atoms with van der Waals surface area (Å²) in [5, 5.41) is 16.1. The standard InChI is InChI=1S/C27H47N6O4.K/c1-21(34)15-19-33-26(36)22(20-25(35)23(30-4)13-7-9-16-28-2)12-6-11-18-32-27(37)24(31-5)14-8-10-17-29-3;/h3-5,22-24,28-31H,2,6-20H2,1H3,(H,32,37)(H,33,36);/q-1;+1/t22-,23+,24+;/m1./s1. The van der Waals surface area contributed by atoms with E-state index in [1.54, 1.807) is 0 Å². The quantitative estimate of drug-likeness (QED) is 0.0333. The fourth-order valence-electron chi connectivity index (χ4n) is 3.87. The Kier molecular flexibility index (Phi) is 28.3. The molecule has 0 fully saturated rings. The van der Waals surface area contributed by atoms with Gasteiger partial charge in [-0.15, -0.1) is 0 Å². The van der Waals surface area contributed by atoms with Crippen LogP contribution in [0.5, 0.6) is 0 Å². The monoisotopic (exact) mass is 558 g/mol. The first-order valence-corrected chi connectivity index (χ1v) is 13.2. The predicted octanol–water partition coefficient (Wildman–Crippen LogP) is -1.82. The minimum atomic E-state index is -0.540. The van der Waals surface area contributed by atoms with E-state index in [0.29, 0.717) is 45.2 Å². The minimum Gasteiger partial charge on any atom is -0.473 e. The molecule has 6 radical (unpaired) electrons. The third-order valence-electron chi connectivity index (χ3n) is 6.14. The molecule has 0 aromatic heterocycles. The molecule has 0 aromatic carbocycles. The van der Waals surface area contributed by atoms with E-state index in [1.165, 1.54) is 6.92 Å². The molecule has 210 valence electrons. The molecular formula is C27H47KN6O4. The summed E-state index contributed by atoms with van der Waals surface area (Å²) in [4.78, 5) is 49.2. The van der Waals surface area contributed by atoms with Gasteiger partial charge in [0.1, 0.15) is 5.78 Å². The van der Waals surface area contributed by atoms with Gasteiger partial charge < -0.3 is 26.6 Å². The van der Waals surface area contributed by atoms with Crippen LogP contribution in [-0.2, 0) is 19.2 Å². The second kappa shape index (κ2) is 27.0. The number of unbranched alkanes of at least 4 members (excludes halogenated alkanes) is 3. The Morgan fingerprint density at radius 1 is 0.711 bits per heavy atom. The van der Waals surface area contributed by atoms with E-state index in [4.69, 9.17) is 21.1 Å². The molecule has 0 unspecified atom stereocenters. The molecular weight excluding hydrogens is 511 g/mol. The zero-order valence-electron chi connectivity index (χ0n) is 23.4. The SMILES string of the molecule is [CH]NCCCC[C@H](N[CH])C(=O)NCCCC[C@H](CC(=O)[C@H](CCCCN[CH2-])N[CH])C(=O)NCCC(C)=O.[K+]. The number of amides is 2. The van der Waals surface area contributed by atoms with Gasteiger partial charge in [0.25, 0.3) is 0 Å². The Bertz CT molecular complexity index is 653. The van der Waals surface area contributed by atoms with Gasteiger partial charge in [-0.3, -0.25) is 31.5 Å². The van der Waals surface area contributed by atoms with Crippen molar-refractivity contribution in [3.8, 4) is 0 Å². The van der Waals surface area contributed by atoms with E-state index >= 15 is 0 Å². The van der Waals surface area contributed by atoms with Gasteiger partial charge >= 0.3 is 51.4 Å². The summed E-state index contributed by atoms with van der Waals surface area (Å²) >= 11 is 0. The van der Waals surface area contributed by atoms with Crippen LogP contribution in [0.15, 0.2) is 0 Å². The summed E-state index contributed by atoms with van der Waals surface area (Å²) in [6.45, 7) is 3.55. The van der Waals surface area contributed by atoms with Gasteiger partial charge in [0.15, 0.2) is 5.78 Å². The molecule has 0 saturated carbocycles. The largest absolute Gasteiger partial charge is 1.00 e. The average molecular weight is 559 g/mol. The van der Waals surface area contributed by atoms with E-state index in [0.717, 1.165) is 32.2 Å². The van der Waals surface area contributed by atoms with Gasteiger partial charge in [-0.25, -0.2) is 0 Å². The zero-order chi connectivity index (χ0) is 27.9. The molecule has 0 rings (SSSR count). The molecule has 2 amide bonds. The maximum absolute atomic E-state index is 12.9. The topological polar surface area (TPSA) is 140 Å². The number of hydrogen-bond donors (Lipinski definition) is 6. The van der Waals surface area contributed by atoms with E-state index in [2.05, 4.69) is 38.9 Å². The van der Waals surface area contributed by atoms with Crippen LogP contribution in [0.3, 0.4) is 0 Å². The first-order chi connectivity index (χ1) is 17.8. The van der Waals surface area contributed by atoms with Crippen molar-refractivity contribution in [2.75, 3.05) is 26.2 Å². The molecule has 0 bridgehead atoms. The summed E-state index contributed by atoms with van der Waals surface area (Å²) in [5.41, 5.74) is 0. The molecule has 38 heavy (non-hydrogen) atoms. The molecule has 0 aliphatic rings. The van der Waals surface area contributed by atoms with Gasteiger partial charge in [-0.1, -0.05) is 19.3 Å². The number of carbonyl (C=O) groups is 4. The number of rotatable bonds is 25. The van der Waals surface area contributed by atoms with Crippen molar-refractivity contribution in [1.29, 1.82) is 0 Å². The maximum Gasteiger partial charge on any atom is 1.00 e. The molecule has 11 heteroatoms. The van der Waals surface area contributed by atoms with E-state index in [9.17, 15) is 19.2 Å². The van der Waals surface area contributed by atoms with Gasteiger partial charge in [-0.2, -0.15) is 0 Å². The Balaban J connectivity index is 0. The summed E-state index contributed by atoms with van der Waals surface area (Å²) in [7, 11) is 19.9. The molecule has 0 saturated heterocycles. The summed E-state index contributed by atoms with van der Waals surface area (Å²) < 4.78 is 0. The Labute approximate surface area is 273 Å². The Hall–Kier alpha value is -0.244. The fourth-order valence-corrected chi connectivity index (χ4v) is 3.87. The number of Topliss-reactive ketones (excluding diaryl/α,β-unsaturated/α-hetero) is 2. The normalized spacial score (nSPS) is 13.2. The maximum atomic E-state index is 12.9. The van der Waals surface area contributed by atoms with Crippen molar-refractivity contribution in [3.63, 3.8) is 0 Å². The molecule has 0 heterocycles. The van der Waals surface area contributed by atoms with Crippen LogP contribution in [0.25, 0.3) is 0 Å². The van der Waals surface area contributed by atoms with Crippen LogP contribution in [0.4, 0.5) is 0 Å². The van der Waals surface area contributed by atoms with E-state index in [1.807, 2.05) is 0 Å². The Morgan fingerprint density at radius 3 is 1.84 bits per heavy atom. The number of carbonyl (C=O) groups excluding carboxylic acids is 4. The van der Waals surface area contributed by atoms with Crippen molar-refractivity contribution in [1.82, 2.24) is 31.9 Å². The minimum absolute atomic E-state index is 0. The van der Waals surface area contributed by atoms with Crippen LogP contribution in [0, 0.1) is 34.1 Å². The van der Waals surface area contributed by atoms with Crippen molar-refractivity contribution in [2.24, 2.45) is 5.92 Å². The first-order valence-electron chi connectivity index (χ1n) is 13.2.